The van der Waals surface area contributed by atoms with Crippen LogP contribution >= 0.6 is 0 Å². The molecule has 0 unspecified atom stereocenters. The van der Waals surface area contributed by atoms with Gasteiger partial charge in [0.05, 0.1) is 6.54 Å². The third kappa shape index (κ3) is 4.08. The highest BCUT2D eigenvalue weighted by Gasteiger charge is 2.16. The van der Waals surface area contributed by atoms with Crippen molar-refractivity contribution in [3.63, 3.8) is 0 Å². The molecule has 1 N–H and O–H groups in total. The molecule has 3 nitrogen and oxygen atoms in total. The maximum absolute atomic E-state index is 13.5. The highest BCUT2D eigenvalue weighted by molar-refractivity contribution is 5.99. The number of halogens is 1. The van der Waals surface area contributed by atoms with Gasteiger partial charge in [-0.2, -0.15) is 0 Å². The van der Waals surface area contributed by atoms with Gasteiger partial charge in [0.2, 0.25) is 0 Å². The van der Waals surface area contributed by atoms with E-state index in [-0.39, 0.29) is 18.1 Å². The van der Waals surface area contributed by atoms with E-state index in [1.54, 1.807) is 12.1 Å². The van der Waals surface area contributed by atoms with Crippen molar-refractivity contribution < 1.29 is 9.18 Å². The molecule has 23 heavy (non-hydrogen) atoms. The van der Waals surface area contributed by atoms with Gasteiger partial charge >= 0.3 is 0 Å². The number of Topliss-reactive ketones (excluding diaryl/α,β-unsaturated/α-hetero) is 1. The lowest BCUT2D eigenvalue weighted by atomic mass is 10.1. The predicted octanol–water partition coefficient (Wildman–Crippen LogP) is 3.84. The minimum Gasteiger partial charge on any atom is -0.346 e. The van der Waals surface area contributed by atoms with E-state index in [1.165, 1.54) is 6.07 Å². The number of nitrogens with one attached hydrogen (secondary N) is 1. The van der Waals surface area contributed by atoms with Crippen molar-refractivity contribution in [1.29, 1.82) is 0 Å². The Balaban J connectivity index is 1.91. The summed E-state index contributed by atoms with van der Waals surface area (Å²) in [6.07, 6.45) is 0.574. The number of carbonyl (C=O) groups excluding carboxylic acids is 1. The molecule has 0 aliphatic carbocycles. The first-order valence-corrected chi connectivity index (χ1v) is 8.07. The van der Waals surface area contributed by atoms with E-state index in [4.69, 9.17) is 0 Å². The smallest absolute Gasteiger partial charge is 0.178 e. The number of hydrogen-bond acceptors (Lipinski definition) is 2. The second-order valence-corrected chi connectivity index (χ2v) is 6.19. The predicted molar refractivity (Wildman–Crippen MR) is 91.6 cm³/mol. The molecule has 0 aliphatic heterocycles. The molecule has 0 fully saturated rings. The van der Waals surface area contributed by atoms with Gasteiger partial charge in [-0.15, -0.1) is 0 Å². The van der Waals surface area contributed by atoms with Crippen LogP contribution in [0.25, 0.3) is 0 Å². The van der Waals surface area contributed by atoms with E-state index in [0.29, 0.717) is 24.6 Å². The summed E-state index contributed by atoms with van der Waals surface area (Å²) in [5.41, 5.74) is 3.56. The average Bonchev–Trinajstić information content (AvgIpc) is 2.80. The van der Waals surface area contributed by atoms with E-state index >= 15 is 0 Å². The van der Waals surface area contributed by atoms with E-state index in [1.807, 2.05) is 26.0 Å². The van der Waals surface area contributed by atoms with Crippen LogP contribution in [0.1, 0.15) is 47.2 Å². The molecule has 0 aliphatic rings. The van der Waals surface area contributed by atoms with Gasteiger partial charge < -0.3 is 9.88 Å². The van der Waals surface area contributed by atoms with Crippen molar-refractivity contribution >= 4 is 5.78 Å². The van der Waals surface area contributed by atoms with Crippen LogP contribution in [0.15, 0.2) is 30.3 Å². The molecule has 124 valence electrons. The summed E-state index contributed by atoms with van der Waals surface area (Å²) in [6.45, 7) is 9.09. The van der Waals surface area contributed by atoms with Crippen LogP contribution in [0, 0.1) is 19.7 Å². The van der Waals surface area contributed by atoms with E-state index < -0.39 is 0 Å². The number of carbonyl (C=O) groups is 1. The van der Waals surface area contributed by atoms with Gasteiger partial charge in [0, 0.05) is 23.0 Å². The summed E-state index contributed by atoms with van der Waals surface area (Å²) in [7, 11) is 0. The Morgan fingerprint density at radius 1 is 1.26 bits per heavy atom. The highest BCUT2D eigenvalue weighted by atomic mass is 19.1. The Morgan fingerprint density at radius 2 is 1.96 bits per heavy atom. The van der Waals surface area contributed by atoms with Crippen LogP contribution in [0.5, 0.6) is 0 Å². The number of rotatable bonds is 7. The van der Waals surface area contributed by atoms with Gasteiger partial charge in [0.25, 0.3) is 0 Å². The van der Waals surface area contributed by atoms with Gasteiger partial charge in [0.15, 0.2) is 5.78 Å². The minimum absolute atomic E-state index is 0.0820. The Hall–Kier alpha value is -1.94. The summed E-state index contributed by atoms with van der Waals surface area (Å²) >= 11 is 0. The first-order valence-electron chi connectivity index (χ1n) is 8.07. The zero-order valence-electron chi connectivity index (χ0n) is 14.3. The van der Waals surface area contributed by atoms with Gasteiger partial charge in [-0.3, -0.25) is 4.79 Å². The average molecular weight is 316 g/mol. The molecule has 0 amide bonds. The Labute approximate surface area is 137 Å². The van der Waals surface area contributed by atoms with Gasteiger partial charge in [-0.25, -0.2) is 4.39 Å². The monoisotopic (exact) mass is 316 g/mol. The fourth-order valence-corrected chi connectivity index (χ4v) is 3.08. The first-order chi connectivity index (χ1) is 10.9. The van der Waals surface area contributed by atoms with Crippen molar-refractivity contribution in [3.05, 3.63) is 58.7 Å². The van der Waals surface area contributed by atoms with Gasteiger partial charge in [0.1, 0.15) is 5.82 Å². The molecule has 0 bridgehead atoms. The molecule has 4 heteroatoms. The van der Waals surface area contributed by atoms with E-state index in [0.717, 1.165) is 17.0 Å². The number of hydrogen-bond donors (Lipinski definition) is 1. The molecule has 2 aromatic rings. The quantitative estimate of drug-likeness (QED) is 0.622. The molecule has 1 aromatic heterocycles. The van der Waals surface area contributed by atoms with Crippen LogP contribution in [-0.2, 0) is 6.42 Å². The van der Waals surface area contributed by atoms with Crippen LogP contribution in [0.2, 0.25) is 0 Å². The fraction of sp³-hybridized carbons (Fsp3) is 0.421. The third-order valence-electron chi connectivity index (χ3n) is 4.12. The third-order valence-corrected chi connectivity index (χ3v) is 4.12. The van der Waals surface area contributed by atoms with Crippen molar-refractivity contribution in [2.75, 3.05) is 13.1 Å². The molecule has 0 spiro atoms. The summed E-state index contributed by atoms with van der Waals surface area (Å²) in [5, 5.41) is 3.12. The largest absolute Gasteiger partial charge is 0.346 e. The van der Waals surface area contributed by atoms with Crippen LogP contribution in [0.3, 0.4) is 0 Å². The first kappa shape index (κ1) is 17.4. The molecular formula is C19H25FN2O. The maximum Gasteiger partial charge on any atom is 0.178 e. The SMILES string of the molecule is Cc1cc(C(=O)CNCCc2ccccc2F)c(C)n1C(C)C. The molecule has 1 heterocycles. The minimum atomic E-state index is -0.193. The Bertz CT molecular complexity index is 689. The Kier molecular flexibility index (Phi) is 5.72. The summed E-state index contributed by atoms with van der Waals surface area (Å²) in [4.78, 5) is 12.4. The number of aromatic nitrogens is 1. The molecular weight excluding hydrogens is 291 g/mol. The van der Waals surface area contributed by atoms with E-state index in [2.05, 4.69) is 23.7 Å². The number of aryl methyl sites for hydroxylation is 1. The van der Waals surface area contributed by atoms with E-state index in [9.17, 15) is 9.18 Å². The standard InChI is InChI=1S/C19H25FN2O/c1-13(2)22-14(3)11-17(15(22)4)19(23)12-21-10-9-16-7-5-6-8-18(16)20/h5-8,11,13,21H,9-10,12H2,1-4H3. The highest BCUT2D eigenvalue weighted by Crippen LogP contribution is 2.20. The Morgan fingerprint density at radius 3 is 2.57 bits per heavy atom. The molecule has 0 atom stereocenters. The lowest BCUT2D eigenvalue weighted by molar-refractivity contribution is 0.0990. The summed E-state index contributed by atoms with van der Waals surface area (Å²) < 4.78 is 15.7. The number of benzene rings is 1. The van der Waals surface area contributed by atoms with Crippen LogP contribution in [0.4, 0.5) is 4.39 Å². The number of ketones is 1. The second-order valence-electron chi connectivity index (χ2n) is 6.19. The molecule has 1 aromatic carbocycles. The fourth-order valence-electron chi connectivity index (χ4n) is 3.08. The maximum atomic E-state index is 13.5. The second kappa shape index (κ2) is 7.55. The van der Waals surface area contributed by atoms with Gasteiger partial charge in [-0.05, 0) is 58.4 Å². The van der Waals surface area contributed by atoms with Crippen molar-refractivity contribution in [3.8, 4) is 0 Å². The van der Waals surface area contributed by atoms with Crippen molar-refractivity contribution in [1.82, 2.24) is 9.88 Å². The van der Waals surface area contributed by atoms with Crippen molar-refractivity contribution in [2.24, 2.45) is 0 Å². The lowest BCUT2D eigenvalue weighted by Gasteiger charge is -2.13. The summed E-state index contributed by atoms with van der Waals surface area (Å²) in [5.74, 6) is -0.111. The topological polar surface area (TPSA) is 34.0 Å². The normalized spacial score (nSPS) is 11.2. The van der Waals surface area contributed by atoms with Gasteiger partial charge in [-0.1, -0.05) is 18.2 Å². The lowest BCUT2D eigenvalue weighted by Crippen LogP contribution is -2.25. The zero-order valence-corrected chi connectivity index (χ0v) is 14.3. The molecule has 0 saturated carbocycles. The number of nitrogens with zero attached hydrogens (tertiary/aromatic N) is 1. The molecule has 0 radical (unpaired) electrons. The summed E-state index contributed by atoms with van der Waals surface area (Å²) in [6, 6.07) is 9.03. The zero-order chi connectivity index (χ0) is 17.0. The van der Waals surface area contributed by atoms with Crippen LogP contribution in [-0.4, -0.2) is 23.4 Å². The van der Waals surface area contributed by atoms with Crippen LogP contribution < -0.4 is 5.32 Å². The molecule has 2 rings (SSSR count). The molecule has 0 saturated heterocycles. The van der Waals surface area contributed by atoms with Crippen molar-refractivity contribution in [2.45, 2.75) is 40.2 Å².